The molecule has 0 aliphatic heterocycles. The van der Waals surface area contributed by atoms with Gasteiger partial charge in [-0.2, -0.15) is 0 Å². The Kier molecular flexibility index (Phi) is 5.17. The third-order valence-corrected chi connectivity index (χ3v) is 2.64. The molecular formula is C13H17NO5. The molecule has 3 N–H and O–H groups in total. The Hall–Kier alpha value is -2.24. The minimum atomic E-state index is -1.10. The van der Waals surface area contributed by atoms with Crippen LogP contribution < -0.4 is 10.1 Å². The summed E-state index contributed by atoms with van der Waals surface area (Å²) in [6.45, 7) is 1.82. The number of methoxy groups -OCH3 is 1. The number of hydrogen-bond donors (Lipinski definition) is 3. The smallest absolute Gasteiger partial charge is 0.326 e. The number of carboxylic acid groups (broad SMARTS) is 1. The summed E-state index contributed by atoms with van der Waals surface area (Å²) in [5.74, 6) is -1.88. The average molecular weight is 267 g/mol. The van der Waals surface area contributed by atoms with Crippen LogP contribution in [0.25, 0.3) is 0 Å². The number of aliphatic carboxylic acids is 1. The van der Waals surface area contributed by atoms with E-state index in [4.69, 9.17) is 9.84 Å². The second-order valence-corrected chi connectivity index (χ2v) is 4.01. The van der Waals surface area contributed by atoms with E-state index in [1.54, 1.807) is 6.07 Å². The second kappa shape index (κ2) is 6.63. The van der Waals surface area contributed by atoms with Crippen molar-refractivity contribution < 1.29 is 24.5 Å². The molecule has 0 aliphatic rings. The minimum Gasteiger partial charge on any atom is -0.504 e. The fraction of sp³-hybridized carbons (Fsp3) is 0.385. The van der Waals surface area contributed by atoms with Gasteiger partial charge in [0, 0.05) is 0 Å². The molecule has 0 unspecified atom stereocenters. The molecule has 0 bridgehead atoms. The molecular weight excluding hydrogens is 250 g/mol. The van der Waals surface area contributed by atoms with Crippen LogP contribution in [0.5, 0.6) is 11.5 Å². The molecule has 1 aromatic carbocycles. The van der Waals surface area contributed by atoms with Gasteiger partial charge in [-0.25, -0.2) is 4.79 Å². The van der Waals surface area contributed by atoms with E-state index in [9.17, 15) is 14.7 Å². The summed E-state index contributed by atoms with van der Waals surface area (Å²) < 4.78 is 4.89. The van der Waals surface area contributed by atoms with Crippen LogP contribution in [0.1, 0.15) is 30.1 Å². The number of nitrogens with one attached hydrogen (secondary N) is 1. The summed E-state index contributed by atoms with van der Waals surface area (Å²) in [5, 5.41) is 21.1. The van der Waals surface area contributed by atoms with Gasteiger partial charge in [0.05, 0.1) is 12.7 Å². The van der Waals surface area contributed by atoms with Crippen molar-refractivity contribution >= 4 is 11.9 Å². The summed E-state index contributed by atoms with van der Waals surface area (Å²) in [7, 11) is 1.37. The van der Waals surface area contributed by atoms with Crippen molar-refractivity contribution in [2.75, 3.05) is 7.11 Å². The van der Waals surface area contributed by atoms with Crippen molar-refractivity contribution in [1.29, 1.82) is 0 Å². The maximum atomic E-state index is 11.9. The highest BCUT2D eigenvalue weighted by Crippen LogP contribution is 2.29. The molecule has 6 nitrogen and oxygen atoms in total. The van der Waals surface area contributed by atoms with Gasteiger partial charge in [0.25, 0.3) is 5.91 Å². The number of carboxylic acids is 1. The molecule has 0 saturated heterocycles. The lowest BCUT2D eigenvalue weighted by Gasteiger charge is -2.14. The van der Waals surface area contributed by atoms with Crippen molar-refractivity contribution in [1.82, 2.24) is 5.32 Å². The zero-order chi connectivity index (χ0) is 14.4. The van der Waals surface area contributed by atoms with Crippen LogP contribution in [-0.2, 0) is 4.79 Å². The molecule has 1 atom stereocenters. The largest absolute Gasteiger partial charge is 0.504 e. The normalized spacial score (nSPS) is 11.7. The van der Waals surface area contributed by atoms with E-state index >= 15 is 0 Å². The van der Waals surface area contributed by atoms with Gasteiger partial charge in [-0.15, -0.1) is 0 Å². The van der Waals surface area contributed by atoms with E-state index in [0.29, 0.717) is 12.8 Å². The van der Waals surface area contributed by atoms with E-state index in [-0.39, 0.29) is 17.1 Å². The molecule has 0 aliphatic carbocycles. The molecule has 0 heterocycles. The highest BCUT2D eigenvalue weighted by Gasteiger charge is 2.22. The van der Waals surface area contributed by atoms with Crippen molar-refractivity contribution in [3.8, 4) is 11.5 Å². The van der Waals surface area contributed by atoms with Crippen LogP contribution in [-0.4, -0.2) is 35.2 Å². The topological polar surface area (TPSA) is 95.9 Å². The summed E-state index contributed by atoms with van der Waals surface area (Å²) in [4.78, 5) is 22.9. The average Bonchev–Trinajstić information content (AvgIpc) is 2.38. The molecule has 0 fully saturated rings. The lowest BCUT2D eigenvalue weighted by atomic mass is 10.1. The Morgan fingerprint density at radius 1 is 1.42 bits per heavy atom. The number of hydrogen-bond acceptors (Lipinski definition) is 4. The molecule has 0 saturated carbocycles. The number of aromatic hydroxyl groups is 1. The van der Waals surface area contributed by atoms with Gasteiger partial charge >= 0.3 is 5.97 Å². The standard InChI is InChI=1S/C13H17NO5/c1-3-5-9(13(17)18)14-12(16)8-6-4-7-10(19-2)11(8)15/h4,6-7,9,15H,3,5H2,1-2H3,(H,14,16)(H,17,18)/t9-/m0/s1. The fourth-order valence-corrected chi connectivity index (χ4v) is 1.65. The Morgan fingerprint density at radius 2 is 2.11 bits per heavy atom. The fourth-order valence-electron chi connectivity index (χ4n) is 1.65. The third-order valence-electron chi connectivity index (χ3n) is 2.64. The quantitative estimate of drug-likeness (QED) is 0.723. The van der Waals surface area contributed by atoms with Crippen molar-refractivity contribution in [3.05, 3.63) is 23.8 Å². The highest BCUT2D eigenvalue weighted by atomic mass is 16.5. The molecule has 0 aromatic heterocycles. The number of phenols is 1. The number of carbonyl (C=O) groups is 2. The summed E-state index contributed by atoms with van der Waals surface area (Å²) in [6.07, 6.45) is 0.952. The molecule has 104 valence electrons. The van der Waals surface area contributed by atoms with Gasteiger partial charge in [-0.1, -0.05) is 19.4 Å². The monoisotopic (exact) mass is 267 g/mol. The van der Waals surface area contributed by atoms with Crippen LogP contribution in [0, 0.1) is 0 Å². The maximum absolute atomic E-state index is 11.9. The van der Waals surface area contributed by atoms with E-state index < -0.39 is 17.9 Å². The van der Waals surface area contributed by atoms with E-state index in [2.05, 4.69) is 5.32 Å². The molecule has 1 aromatic rings. The number of carbonyl (C=O) groups excluding carboxylic acids is 1. The van der Waals surface area contributed by atoms with Gasteiger partial charge in [-0.3, -0.25) is 4.79 Å². The summed E-state index contributed by atoms with van der Waals surface area (Å²) >= 11 is 0. The lowest BCUT2D eigenvalue weighted by Crippen LogP contribution is -2.40. The van der Waals surface area contributed by atoms with E-state index in [0.717, 1.165) is 0 Å². The van der Waals surface area contributed by atoms with Crippen LogP contribution in [0.15, 0.2) is 18.2 Å². The molecule has 19 heavy (non-hydrogen) atoms. The Labute approximate surface area is 111 Å². The maximum Gasteiger partial charge on any atom is 0.326 e. The van der Waals surface area contributed by atoms with Crippen LogP contribution in [0.4, 0.5) is 0 Å². The second-order valence-electron chi connectivity index (χ2n) is 4.01. The molecule has 6 heteroatoms. The molecule has 1 rings (SSSR count). The van der Waals surface area contributed by atoms with Crippen molar-refractivity contribution in [3.63, 3.8) is 0 Å². The van der Waals surface area contributed by atoms with Gasteiger partial charge < -0.3 is 20.3 Å². The lowest BCUT2D eigenvalue weighted by molar-refractivity contribution is -0.139. The first kappa shape index (κ1) is 14.8. The molecule has 0 spiro atoms. The van der Waals surface area contributed by atoms with Gasteiger partial charge in [0.1, 0.15) is 6.04 Å². The first-order valence-electron chi connectivity index (χ1n) is 5.90. The predicted octanol–water partition coefficient (Wildman–Crippen LogP) is 1.38. The zero-order valence-corrected chi connectivity index (χ0v) is 10.8. The van der Waals surface area contributed by atoms with Gasteiger partial charge in [0.15, 0.2) is 11.5 Å². The number of phenolic OH excluding ortho intramolecular Hbond substituents is 1. The number of ether oxygens (including phenoxy) is 1. The number of para-hydroxylation sites is 1. The van der Waals surface area contributed by atoms with Crippen LogP contribution in [0.3, 0.4) is 0 Å². The van der Waals surface area contributed by atoms with E-state index in [1.807, 2.05) is 6.92 Å². The Bertz CT molecular complexity index is 472. The summed E-state index contributed by atoms with van der Waals surface area (Å²) in [6, 6.07) is 3.48. The van der Waals surface area contributed by atoms with Gasteiger partial charge in [-0.05, 0) is 18.6 Å². The predicted molar refractivity (Wildman–Crippen MR) is 68.5 cm³/mol. The first-order valence-corrected chi connectivity index (χ1v) is 5.90. The third kappa shape index (κ3) is 3.61. The van der Waals surface area contributed by atoms with Gasteiger partial charge in [0.2, 0.25) is 0 Å². The molecule has 1 amide bonds. The Balaban J connectivity index is 2.91. The van der Waals surface area contributed by atoms with Crippen molar-refractivity contribution in [2.45, 2.75) is 25.8 Å². The minimum absolute atomic E-state index is 0.0123. The Morgan fingerprint density at radius 3 is 2.63 bits per heavy atom. The summed E-state index contributed by atoms with van der Waals surface area (Å²) in [5.41, 5.74) is -0.0123. The number of amides is 1. The van der Waals surface area contributed by atoms with Crippen LogP contribution in [0.2, 0.25) is 0 Å². The number of rotatable bonds is 6. The number of benzene rings is 1. The SMILES string of the molecule is CCC[C@H](NC(=O)c1cccc(OC)c1O)C(=O)O. The highest BCUT2D eigenvalue weighted by molar-refractivity contribution is 5.99. The first-order chi connectivity index (χ1) is 9.01. The molecule has 0 radical (unpaired) electrons. The zero-order valence-electron chi connectivity index (χ0n) is 10.8. The van der Waals surface area contributed by atoms with Crippen LogP contribution >= 0.6 is 0 Å². The van der Waals surface area contributed by atoms with E-state index in [1.165, 1.54) is 19.2 Å². The van der Waals surface area contributed by atoms with Crippen molar-refractivity contribution in [2.24, 2.45) is 0 Å².